The molecule has 0 bridgehead atoms. The standard InChI is InChI=1S/C29H30N2O5/c32-17-24-28(21-10-8-20(9-11-21)7-3-6-19-4-1-2-5-19)23-15-30(16-27(33)31(23)24)29(34)22-12-13-25-26(14-22)36-18-35-25/h8-14,19,23-24,28,32H,1-2,4-6,15-18H2/t23-,24-,28+/m0/s1. The average Bonchev–Trinajstić information content (AvgIpc) is 3.57. The van der Waals surface area contributed by atoms with Crippen molar-refractivity contribution >= 4 is 11.8 Å². The van der Waals surface area contributed by atoms with Crippen LogP contribution in [0.4, 0.5) is 0 Å². The van der Waals surface area contributed by atoms with Crippen molar-refractivity contribution in [3.05, 3.63) is 59.2 Å². The minimum Gasteiger partial charge on any atom is -0.454 e. The van der Waals surface area contributed by atoms with Crippen LogP contribution in [0, 0.1) is 17.8 Å². The number of nitrogens with zero attached hydrogens (tertiary/aromatic N) is 2. The normalized spacial score (nSPS) is 24.7. The number of amides is 2. The van der Waals surface area contributed by atoms with Crippen LogP contribution in [-0.2, 0) is 4.79 Å². The first kappa shape index (κ1) is 22.9. The van der Waals surface area contributed by atoms with E-state index in [1.807, 2.05) is 24.3 Å². The summed E-state index contributed by atoms with van der Waals surface area (Å²) in [5.41, 5.74) is 2.50. The van der Waals surface area contributed by atoms with Gasteiger partial charge in [0.2, 0.25) is 12.7 Å². The first-order valence-corrected chi connectivity index (χ1v) is 12.8. The highest BCUT2D eigenvalue weighted by molar-refractivity contribution is 5.98. The van der Waals surface area contributed by atoms with Crippen LogP contribution >= 0.6 is 0 Å². The Morgan fingerprint density at radius 1 is 1.06 bits per heavy atom. The van der Waals surface area contributed by atoms with Gasteiger partial charge < -0.3 is 24.4 Å². The van der Waals surface area contributed by atoms with E-state index in [2.05, 4.69) is 11.8 Å². The van der Waals surface area contributed by atoms with E-state index >= 15 is 0 Å². The molecule has 36 heavy (non-hydrogen) atoms. The van der Waals surface area contributed by atoms with Gasteiger partial charge in [-0.25, -0.2) is 0 Å². The number of hydrogen-bond donors (Lipinski definition) is 1. The summed E-state index contributed by atoms with van der Waals surface area (Å²) in [5.74, 6) is 8.14. The van der Waals surface area contributed by atoms with E-state index in [9.17, 15) is 14.7 Å². The van der Waals surface area contributed by atoms with Crippen molar-refractivity contribution in [3.8, 4) is 23.3 Å². The molecule has 186 valence electrons. The molecule has 3 atom stereocenters. The van der Waals surface area contributed by atoms with Gasteiger partial charge in [0.05, 0.1) is 18.7 Å². The second-order valence-corrected chi connectivity index (χ2v) is 10.2. The Labute approximate surface area is 211 Å². The Morgan fingerprint density at radius 2 is 1.83 bits per heavy atom. The largest absolute Gasteiger partial charge is 0.454 e. The van der Waals surface area contributed by atoms with Gasteiger partial charge in [0.15, 0.2) is 11.5 Å². The predicted molar refractivity (Wildman–Crippen MR) is 133 cm³/mol. The van der Waals surface area contributed by atoms with Gasteiger partial charge in [-0.15, -0.1) is 0 Å². The molecule has 7 heteroatoms. The minimum atomic E-state index is -0.274. The summed E-state index contributed by atoms with van der Waals surface area (Å²) in [6.07, 6.45) is 6.21. The van der Waals surface area contributed by atoms with Crippen molar-refractivity contribution in [2.24, 2.45) is 5.92 Å². The molecule has 1 saturated carbocycles. The van der Waals surface area contributed by atoms with Crippen LogP contribution < -0.4 is 9.47 Å². The van der Waals surface area contributed by atoms with Gasteiger partial charge in [0.25, 0.3) is 5.91 Å². The summed E-state index contributed by atoms with van der Waals surface area (Å²) >= 11 is 0. The molecule has 0 unspecified atom stereocenters. The van der Waals surface area contributed by atoms with Crippen LogP contribution in [0.1, 0.15) is 59.5 Å². The molecule has 7 nitrogen and oxygen atoms in total. The molecule has 1 N–H and O–H groups in total. The third-order valence-corrected chi connectivity index (χ3v) is 8.05. The van der Waals surface area contributed by atoms with Gasteiger partial charge in [-0.3, -0.25) is 9.59 Å². The Morgan fingerprint density at radius 3 is 2.61 bits per heavy atom. The van der Waals surface area contributed by atoms with Crippen LogP contribution in [0.5, 0.6) is 11.5 Å². The molecule has 2 saturated heterocycles. The maximum absolute atomic E-state index is 13.3. The summed E-state index contributed by atoms with van der Waals surface area (Å²) in [7, 11) is 0. The topological polar surface area (TPSA) is 79.3 Å². The number of hydrogen-bond acceptors (Lipinski definition) is 5. The number of fused-ring (bicyclic) bond motifs is 2. The molecule has 0 radical (unpaired) electrons. The molecule has 0 aromatic heterocycles. The number of aliphatic hydroxyl groups excluding tert-OH is 1. The summed E-state index contributed by atoms with van der Waals surface area (Å²) < 4.78 is 10.7. The van der Waals surface area contributed by atoms with Crippen molar-refractivity contribution < 1.29 is 24.2 Å². The molecule has 0 spiro atoms. The number of aliphatic hydroxyl groups is 1. The number of carbonyl (C=O) groups is 2. The van der Waals surface area contributed by atoms with Crippen molar-refractivity contribution in [1.29, 1.82) is 0 Å². The number of benzene rings is 2. The SMILES string of the molecule is O=C(c1ccc2c(c1)OCO2)N1CC(=O)N2[C@@H](CO)[C@H](c3ccc(C#CCC4CCCC4)cc3)[C@@H]2C1. The van der Waals surface area contributed by atoms with Gasteiger partial charge in [-0.05, 0) is 54.7 Å². The van der Waals surface area contributed by atoms with Gasteiger partial charge in [-0.2, -0.15) is 0 Å². The zero-order valence-corrected chi connectivity index (χ0v) is 20.2. The Bertz CT molecular complexity index is 1220. The Kier molecular flexibility index (Phi) is 6.06. The third-order valence-electron chi connectivity index (χ3n) is 8.05. The first-order chi connectivity index (χ1) is 17.6. The zero-order chi connectivity index (χ0) is 24.6. The van der Waals surface area contributed by atoms with Gasteiger partial charge in [0.1, 0.15) is 6.54 Å². The van der Waals surface area contributed by atoms with E-state index in [-0.39, 0.29) is 49.8 Å². The molecule has 2 aromatic rings. The van der Waals surface area contributed by atoms with Gasteiger partial charge in [-0.1, -0.05) is 36.8 Å². The van der Waals surface area contributed by atoms with Crippen LogP contribution in [-0.4, -0.2) is 65.3 Å². The van der Waals surface area contributed by atoms with Crippen molar-refractivity contribution in [3.63, 3.8) is 0 Å². The maximum atomic E-state index is 13.3. The van der Waals surface area contributed by atoms with E-state index in [0.717, 1.165) is 23.5 Å². The van der Waals surface area contributed by atoms with E-state index < -0.39 is 0 Å². The van der Waals surface area contributed by atoms with Crippen LogP contribution in [0.25, 0.3) is 0 Å². The molecular formula is C29H30N2O5. The highest BCUT2D eigenvalue weighted by atomic mass is 16.7. The summed E-state index contributed by atoms with van der Waals surface area (Å²) in [6, 6.07) is 12.8. The van der Waals surface area contributed by atoms with Crippen molar-refractivity contribution in [2.45, 2.75) is 50.1 Å². The van der Waals surface area contributed by atoms with Crippen molar-refractivity contribution in [2.75, 3.05) is 26.5 Å². The molecular weight excluding hydrogens is 456 g/mol. The van der Waals surface area contributed by atoms with E-state index in [4.69, 9.17) is 9.47 Å². The van der Waals surface area contributed by atoms with Gasteiger partial charge in [0, 0.05) is 30.0 Å². The van der Waals surface area contributed by atoms with E-state index in [1.165, 1.54) is 25.7 Å². The van der Waals surface area contributed by atoms with E-state index in [1.54, 1.807) is 28.0 Å². The van der Waals surface area contributed by atoms with Crippen LogP contribution in [0.2, 0.25) is 0 Å². The summed E-state index contributed by atoms with van der Waals surface area (Å²) in [5, 5.41) is 10.1. The second kappa shape index (κ2) is 9.51. The first-order valence-electron chi connectivity index (χ1n) is 12.8. The number of carbonyl (C=O) groups excluding carboxylic acids is 2. The smallest absolute Gasteiger partial charge is 0.254 e. The zero-order valence-electron chi connectivity index (χ0n) is 20.2. The minimum absolute atomic E-state index is 0.00250. The molecule has 2 aromatic carbocycles. The fourth-order valence-electron chi connectivity index (χ4n) is 6.17. The number of ether oxygens (including phenoxy) is 2. The molecule has 1 aliphatic carbocycles. The summed E-state index contributed by atoms with van der Waals surface area (Å²) in [4.78, 5) is 29.6. The Balaban J connectivity index is 1.17. The third kappa shape index (κ3) is 4.10. The predicted octanol–water partition coefficient (Wildman–Crippen LogP) is 3.16. The monoisotopic (exact) mass is 486 g/mol. The van der Waals surface area contributed by atoms with E-state index in [0.29, 0.717) is 23.6 Å². The quantitative estimate of drug-likeness (QED) is 0.672. The number of piperazine rings is 1. The second-order valence-electron chi connectivity index (χ2n) is 10.2. The molecule has 3 aliphatic heterocycles. The summed E-state index contributed by atoms with van der Waals surface area (Å²) in [6.45, 7) is 0.457. The molecule has 3 heterocycles. The number of rotatable bonds is 4. The highest BCUT2D eigenvalue weighted by Gasteiger charge is 2.54. The van der Waals surface area contributed by atoms with Gasteiger partial charge >= 0.3 is 0 Å². The van der Waals surface area contributed by atoms with Crippen LogP contribution in [0.15, 0.2) is 42.5 Å². The Hall–Kier alpha value is -3.50. The maximum Gasteiger partial charge on any atom is 0.254 e. The lowest BCUT2D eigenvalue weighted by atomic mass is 9.73. The molecule has 3 fully saturated rings. The lowest BCUT2D eigenvalue weighted by Crippen LogP contribution is -2.73. The molecule has 4 aliphatic rings. The highest BCUT2D eigenvalue weighted by Crippen LogP contribution is 2.43. The fourth-order valence-corrected chi connectivity index (χ4v) is 6.17. The molecule has 2 amide bonds. The fraction of sp³-hybridized carbons (Fsp3) is 0.448. The van der Waals surface area contributed by atoms with Crippen molar-refractivity contribution in [1.82, 2.24) is 9.80 Å². The molecule has 6 rings (SSSR count). The lowest BCUT2D eigenvalue weighted by molar-refractivity contribution is -0.159. The average molecular weight is 487 g/mol. The van der Waals surface area contributed by atoms with Crippen LogP contribution in [0.3, 0.4) is 0 Å². The lowest BCUT2D eigenvalue weighted by Gasteiger charge is -2.58.